The number of aliphatic hydroxyl groups excluding tert-OH is 1. The Hall–Kier alpha value is -0.770. The van der Waals surface area contributed by atoms with Crippen LogP contribution < -0.4 is 10.2 Å². The highest BCUT2D eigenvalue weighted by atomic mass is 35.5. The van der Waals surface area contributed by atoms with Gasteiger partial charge in [-0.25, -0.2) is 0 Å². The van der Waals surface area contributed by atoms with Crippen molar-refractivity contribution in [2.45, 2.75) is 6.61 Å². The molecule has 1 aliphatic heterocycles. The second-order valence-electron chi connectivity index (χ2n) is 3.68. The van der Waals surface area contributed by atoms with Crippen molar-refractivity contribution in [3.05, 3.63) is 28.8 Å². The molecule has 1 heterocycles. The Morgan fingerprint density at radius 2 is 2.07 bits per heavy atom. The van der Waals surface area contributed by atoms with Gasteiger partial charge in [0.2, 0.25) is 0 Å². The summed E-state index contributed by atoms with van der Waals surface area (Å²) < 4.78 is 0. The molecule has 0 atom stereocenters. The van der Waals surface area contributed by atoms with E-state index >= 15 is 0 Å². The summed E-state index contributed by atoms with van der Waals surface area (Å²) >= 11 is 6.14. The fourth-order valence-electron chi connectivity index (χ4n) is 1.80. The maximum Gasteiger partial charge on any atom is 0.0682 e. The van der Waals surface area contributed by atoms with E-state index in [4.69, 9.17) is 16.7 Å². The molecule has 1 aromatic rings. The lowest BCUT2D eigenvalue weighted by molar-refractivity contribution is 0.282. The highest BCUT2D eigenvalue weighted by Gasteiger charge is 2.13. The topological polar surface area (TPSA) is 35.5 Å². The van der Waals surface area contributed by atoms with Gasteiger partial charge in [-0.15, -0.1) is 0 Å². The van der Waals surface area contributed by atoms with Crippen molar-refractivity contribution in [2.24, 2.45) is 0 Å². The zero-order valence-corrected chi connectivity index (χ0v) is 9.30. The SMILES string of the molecule is OCc1ccc(Cl)c(N2CCNCC2)c1. The van der Waals surface area contributed by atoms with Gasteiger partial charge in [0.15, 0.2) is 0 Å². The lowest BCUT2D eigenvalue weighted by atomic mass is 10.2. The maximum atomic E-state index is 9.08. The molecule has 0 amide bonds. The molecule has 0 saturated carbocycles. The first-order valence-corrected chi connectivity index (χ1v) is 5.54. The third-order valence-electron chi connectivity index (χ3n) is 2.65. The minimum absolute atomic E-state index is 0.0657. The number of piperazine rings is 1. The standard InChI is InChI=1S/C11H15ClN2O/c12-10-2-1-9(8-15)7-11(10)14-5-3-13-4-6-14/h1-2,7,13,15H,3-6,8H2. The Bertz CT molecular complexity index is 337. The molecule has 0 unspecified atom stereocenters. The van der Waals surface area contributed by atoms with E-state index in [9.17, 15) is 0 Å². The lowest BCUT2D eigenvalue weighted by Gasteiger charge is -2.30. The average Bonchev–Trinajstić information content (AvgIpc) is 2.31. The molecule has 2 rings (SSSR count). The van der Waals surface area contributed by atoms with Crippen molar-refractivity contribution >= 4 is 17.3 Å². The minimum atomic E-state index is 0.0657. The number of rotatable bonds is 2. The molecule has 2 N–H and O–H groups in total. The van der Waals surface area contributed by atoms with Gasteiger partial charge in [0.25, 0.3) is 0 Å². The fourth-order valence-corrected chi connectivity index (χ4v) is 2.04. The molecule has 15 heavy (non-hydrogen) atoms. The van der Waals surface area contributed by atoms with Gasteiger partial charge >= 0.3 is 0 Å². The van der Waals surface area contributed by atoms with Crippen molar-refractivity contribution in [2.75, 3.05) is 31.1 Å². The van der Waals surface area contributed by atoms with Gasteiger partial charge in [-0.2, -0.15) is 0 Å². The van der Waals surface area contributed by atoms with Crippen molar-refractivity contribution < 1.29 is 5.11 Å². The predicted molar refractivity (Wildman–Crippen MR) is 62.5 cm³/mol. The maximum absolute atomic E-state index is 9.08. The third-order valence-corrected chi connectivity index (χ3v) is 2.97. The molecule has 1 aliphatic rings. The molecule has 1 saturated heterocycles. The molecular formula is C11H15ClN2O. The molecule has 3 nitrogen and oxygen atoms in total. The summed E-state index contributed by atoms with van der Waals surface area (Å²) in [5.74, 6) is 0. The zero-order chi connectivity index (χ0) is 10.7. The van der Waals surface area contributed by atoms with E-state index in [1.165, 1.54) is 0 Å². The normalized spacial score (nSPS) is 16.8. The first-order chi connectivity index (χ1) is 7.31. The van der Waals surface area contributed by atoms with Crippen LogP contribution in [0, 0.1) is 0 Å². The Labute approximate surface area is 94.7 Å². The number of anilines is 1. The second kappa shape index (κ2) is 4.84. The smallest absolute Gasteiger partial charge is 0.0682 e. The molecule has 0 radical (unpaired) electrons. The number of hydrogen-bond donors (Lipinski definition) is 2. The van der Waals surface area contributed by atoms with Crippen molar-refractivity contribution in [3.63, 3.8) is 0 Å². The highest BCUT2D eigenvalue weighted by molar-refractivity contribution is 6.33. The lowest BCUT2D eigenvalue weighted by Crippen LogP contribution is -2.43. The Kier molecular flexibility index (Phi) is 3.46. The number of aliphatic hydroxyl groups is 1. The summed E-state index contributed by atoms with van der Waals surface area (Å²) in [4.78, 5) is 2.25. The zero-order valence-electron chi connectivity index (χ0n) is 8.54. The number of benzene rings is 1. The second-order valence-corrected chi connectivity index (χ2v) is 4.09. The van der Waals surface area contributed by atoms with Gasteiger partial charge in [0.1, 0.15) is 0 Å². The molecule has 4 heteroatoms. The summed E-state index contributed by atoms with van der Waals surface area (Å²) in [5, 5.41) is 13.1. The largest absolute Gasteiger partial charge is 0.392 e. The van der Waals surface area contributed by atoms with E-state index in [0.29, 0.717) is 0 Å². The Morgan fingerprint density at radius 1 is 1.33 bits per heavy atom. The van der Waals surface area contributed by atoms with Crippen LogP contribution in [0.1, 0.15) is 5.56 Å². The van der Waals surface area contributed by atoms with Crippen LogP contribution in [0.25, 0.3) is 0 Å². The Balaban J connectivity index is 2.24. The van der Waals surface area contributed by atoms with E-state index in [1.54, 1.807) is 0 Å². The molecular weight excluding hydrogens is 212 g/mol. The van der Waals surface area contributed by atoms with Gasteiger partial charge in [-0.05, 0) is 17.7 Å². The van der Waals surface area contributed by atoms with Crippen LogP contribution >= 0.6 is 11.6 Å². The molecule has 0 aromatic heterocycles. The van der Waals surface area contributed by atoms with E-state index in [0.717, 1.165) is 42.5 Å². The molecule has 1 fully saturated rings. The van der Waals surface area contributed by atoms with Gasteiger partial charge in [-0.1, -0.05) is 17.7 Å². The van der Waals surface area contributed by atoms with Crippen molar-refractivity contribution in [1.29, 1.82) is 0 Å². The van der Waals surface area contributed by atoms with E-state index in [-0.39, 0.29) is 6.61 Å². The highest BCUT2D eigenvalue weighted by Crippen LogP contribution is 2.27. The van der Waals surface area contributed by atoms with Crippen molar-refractivity contribution in [1.82, 2.24) is 5.32 Å². The quantitative estimate of drug-likeness (QED) is 0.797. The number of hydrogen-bond acceptors (Lipinski definition) is 3. The summed E-state index contributed by atoms with van der Waals surface area (Å²) in [6.07, 6.45) is 0. The average molecular weight is 227 g/mol. The number of halogens is 1. The van der Waals surface area contributed by atoms with Gasteiger partial charge in [0, 0.05) is 26.2 Å². The van der Waals surface area contributed by atoms with E-state index in [1.807, 2.05) is 18.2 Å². The van der Waals surface area contributed by atoms with Crippen LogP contribution in [0.4, 0.5) is 5.69 Å². The molecule has 1 aromatic carbocycles. The van der Waals surface area contributed by atoms with Gasteiger partial charge < -0.3 is 15.3 Å². The third kappa shape index (κ3) is 2.43. The van der Waals surface area contributed by atoms with Crippen LogP contribution in [0.5, 0.6) is 0 Å². The summed E-state index contributed by atoms with van der Waals surface area (Å²) in [7, 11) is 0. The predicted octanol–water partition coefficient (Wildman–Crippen LogP) is 1.24. The van der Waals surface area contributed by atoms with Gasteiger partial charge in [0.05, 0.1) is 17.3 Å². The first-order valence-electron chi connectivity index (χ1n) is 5.16. The molecule has 0 spiro atoms. The monoisotopic (exact) mass is 226 g/mol. The van der Waals surface area contributed by atoms with Crippen LogP contribution in [-0.4, -0.2) is 31.3 Å². The Morgan fingerprint density at radius 3 is 2.73 bits per heavy atom. The number of nitrogens with zero attached hydrogens (tertiary/aromatic N) is 1. The van der Waals surface area contributed by atoms with Crippen LogP contribution in [0.3, 0.4) is 0 Å². The summed E-state index contributed by atoms with van der Waals surface area (Å²) in [5.41, 5.74) is 1.94. The van der Waals surface area contributed by atoms with Crippen LogP contribution in [-0.2, 0) is 6.61 Å². The van der Waals surface area contributed by atoms with E-state index < -0.39 is 0 Å². The van der Waals surface area contributed by atoms with Gasteiger partial charge in [-0.3, -0.25) is 0 Å². The molecule has 0 bridgehead atoms. The van der Waals surface area contributed by atoms with Crippen LogP contribution in [0.15, 0.2) is 18.2 Å². The minimum Gasteiger partial charge on any atom is -0.392 e. The first kappa shape index (κ1) is 10.7. The summed E-state index contributed by atoms with van der Waals surface area (Å²) in [6.45, 7) is 3.97. The van der Waals surface area contributed by atoms with Crippen LogP contribution in [0.2, 0.25) is 5.02 Å². The fraction of sp³-hybridized carbons (Fsp3) is 0.455. The molecule has 0 aliphatic carbocycles. The van der Waals surface area contributed by atoms with Crippen molar-refractivity contribution in [3.8, 4) is 0 Å². The van der Waals surface area contributed by atoms with E-state index in [2.05, 4.69) is 10.2 Å². The molecule has 82 valence electrons. The summed E-state index contributed by atoms with van der Waals surface area (Å²) in [6, 6.07) is 5.67. The number of nitrogens with one attached hydrogen (secondary N) is 1.